The van der Waals surface area contributed by atoms with Crippen LogP contribution >= 0.6 is 11.6 Å². The molecule has 0 amide bonds. The Hall–Kier alpha value is -1.28. The Balaban J connectivity index is 1.98. The highest BCUT2D eigenvalue weighted by Gasteiger charge is 2.52. The molecule has 1 aliphatic heterocycles. The van der Waals surface area contributed by atoms with Crippen LogP contribution in [0.5, 0.6) is 0 Å². The molecule has 2 heterocycles. The number of hydrogen-bond acceptors (Lipinski definition) is 4. The van der Waals surface area contributed by atoms with E-state index in [-0.39, 0.29) is 10.0 Å². The molecule has 1 saturated heterocycles. The molecule has 0 N–H and O–H groups in total. The van der Waals surface area contributed by atoms with Gasteiger partial charge in [0.25, 0.3) is 10.0 Å². The summed E-state index contributed by atoms with van der Waals surface area (Å²) in [5, 5.41) is 0.0882. The fourth-order valence-corrected chi connectivity index (χ4v) is 4.25. The predicted octanol–water partition coefficient (Wildman–Crippen LogP) is 2.99. The molecule has 134 valence electrons. The predicted molar refractivity (Wildman–Crippen MR) is 98.9 cm³/mol. The van der Waals surface area contributed by atoms with Crippen LogP contribution in [-0.2, 0) is 19.3 Å². The van der Waals surface area contributed by atoms with Gasteiger partial charge in [0.15, 0.2) is 0 Å². The molecule has 0 spiro atoms. The monoisotopic (exact) mass is 381 g/mol. The summed E-state index contributed by atoms with van der Waals surface area (Å²) in [6.45, 7) is 9.65. The van der Waals surface area contributed by atoms with E-state index in [1.54, 1.807) is 30.3 Å². The Labute approximate surface area is 154 Å². The van der Waals surface area contributed by atoms with E-state index >= 15 is 0 Å². The average molecular weight is 382 g/mol. The molecule has 25 heavy (non-hydrogen) atoms. The van der Waals surface area contributed by atoms with Crippen molar-refractivity contribution in [1.29, 1.82) is 0 Å². The summed E-state index contributed by atoms with van der Waals surface area (Å²) in [6.07, 6.45) is 1.46. The van der Waals surface area contributed by atoms with Gasteiger partial charge in [-0.3, -0.25) is 0 Å². The zero-order valence-electron chi connectivity index (χ0n) is 14.9. The minimum absolute atomic E-state index is 0.0882. The summed E-state index contributed by atoms with van der Waals surface area (Å²) in [4.78, 5) is 0.177. The van der Waals surface area contributed by atoms with Gasteiger partial charge in [-0.1, -0.05) is 29.3 Å². The second-order valence-electron chi connectivity index (χ2n) is 7.30. The van der Waals surface area contributed by atoms with Crippen molar-refractivity contribution in [3.63, 3.8) is 0 Å². The highest BCUT2D eigenvalue weighted by atomic mass is 35.5. The van der Waals surface area contributed by atoms with E-state index in [9.17, 15) is 8.42 Å². The number of nitrogens with zero attached hydrogens (tertiary/aromatic N) is 1. The number of benzene rings is 1. The van der Waals surface area contributed by atoms with Crippen molar-refractivity contribution in [1.82, 2.24) is 3.97 Å². The Kier molecular flexibility index (Phi) is 4.35. The molecule has 0 aliphatic carbocycles. The van der Waals surface area contributed by atoms with Gasteiger partial charge >= 0.3 is 7.12 Å². The van der Waals surface area contributed by atoms with Crippen LogP contribution in [0.1, 0.15) is 33.3 Å². The van der Waals surface area contributed by atoms with E-state index in [2.05, 4.69) is 0 Å². The molecule has 1 fully saturated rings. The lowest BCUT2D eigenvalue weighted by molar-refractivity contribution is 0.00578. The highest BCUT2D eigenvalue weighted by Crippen LogP contribution is 2.36. The van der Waals surface area contributed by atoms with E-state index in [0.29, 0.717) is 5.46 Å². The van der Waals surface area contributed by atoms with Crippen LogP contribution in [0.2, 0.25) is 5.15 Å². The normalized spacial score (nSPS) is 19.4. The molecule has 0 radical (unpaired) electrons. The first-order valence-electron chi connectivity index (χ1n) is 8.00. The Morgan fingerprint density at radius 1 is 1.04 bits per heavy atom. The van der Waals surface area contributed by atoms with Crippen molar-refractivity contribution >= 4 is 34.2 Å². The summed E-state index contributed by atoms with van der Waals surface area (Å²) in [5.74, 6) is 0. The van der Waals surface area contributed by atoms with E-state index < -0.39 is 28.3 Å². The zero-order valence-corrected chi connectivity index (χ0v) is 16.5. The van der Waals surface area contributed by atoms with Gasteiger partial charge in [0.2, 0.25) is 0 Å². The lowest BCUT2D eigenvalue weighted by Gasteiger charge is -2.32. The zero-order chi connectivity index (χ0) is 18.6. The third-order valence-electron chi connectivity index (χ3n) is 4.87. The second-order valence-corrected chi connectivity index (χ2v) is 9.50. The van der Waals surface area contributed by atoms with Crippen molar-refractivity contribution in [3.8, 4) is 0 Å². The molecule has 2 aromatic rings. The molecular formula is C17H21BClNO4S. The van der Waals surface area contributed by atoms with Gasteiger partial charge in [0.05, 0.1) is 16.1 Å². The van der Waals surface area contributed by atoms with Crippen LogP contribution in [0.4, 0.5) is 0 Å². The molecule has 1 aliphatic rings. The fraction of sp³-hybridized carbons (Fsp3) is 0.412. The fourth-order valence-electron chi connectivity index (χ4n) is 2.55. The Bertz CT molecular complexity index is 887. The topological polar surface area (TPSA) is 57.5 Å². The number of rotatable bonds is 3. The molecule has 1 aromatic carbocycles. The van der Waals surface area contributed by atoms with Crippen LogP contribution in [0.25, 0.3) is 0 Å². The van der Waals surface area contributed by atoms with Crippen LogP contribution in [0, 0.1) is 6.92 Å². The van der Waals surface area contributed by atoms with Crippen molar-refractivity contribution in [2.45, 2.75) is 50.7 Å². The number of aromatic nitrogens is 1. The quantitative estimate of drug-likeness (QED) is 0.767. The summed E-state index contributed by atoms with van der Waals surface area (Å²) in [7, 11) is -4.45. The maximum Gasteiger partial charge on any atom is 0.496 e. The molecular weight excluding hydrogens is 361 g/mol. The van der Waals surface area contributed by atoms with Crippen LogP contribution in [0.3, 0.4) is 0 Å². The molecule has 5 nitrogen and oxygen atoms in total. The van der Waals surface area contributed by atoms with Crippen molar-refractivity contribution in [2.75, 3.05) is 0 Å². The van der Waals surface area contributed by atoms with Crippen LogP contribution in [0.15, 0.2) is 41.4 Å². The minimum atomic E-state index is -3.78. The maximum atomic E-state index is 12.8. The lowest BCUT2D eigenvalue weighted by atomic mass is 9.81. The molecule has 1 aromatic heterocycles. The average Bonchev–Trinajstić information content (AvgIpc) is 2.98. The first-order valence-corrected chi connectivity index (χ1v) is 9.81. The summed E-state index contributed by atoms with van der Waals surface area (Å²) in [6, 6.07) is 8.19. The van der Waals surface area contributed by atoms with Gasteiger partial charge in [0.1, 0.15) is 5.15 Å². The highest BCUT2D eigenvalue weighted by molar-refractivity contribution is 7.90. The maximum absolute atomic E-state index is 12.8. The number of aryl methyl sites for hydroxylation is 1. The van der Waals surface area contributed by atoms with E-state index in [1.165, 1.54) is 6.20 Å². The Morgan fingerprint density at radius 3 is 2.08 bits per heavy atom. The lowest BCUT2D eigenvalue weighted by Crippen LogP contribution is -2.41. The van der Waals surface area contributed by atoms with Crippen molar-refractivity contribution in [3.05, 3.63) is 47.2 Å². The first kappa shape index (κ1) is 18.5. The van der Waals surface area contributed by atoms with Crippen molar-refractivity contribution in [2.24, 2.45) is 0 Å². The summed E-state index contributed by atoms with van der Waals surface area (Å²) in [5.41, 5.74) is 0.527. The SMILES string of the molecule is Cc1ccc(S(=O)(=O)n2cc(B3OC(C)(C)C(C)(C)O3)cc2Cl)cc1. The van der Waals surface area contributed by atoms with Gasteiger partial charge in [-0.15, -0.1) is 0 Å². The standard InChI is InChI=1S/C17H21BClNO4S/c1-12-6-8-14(9-7-12)25(21,22)20-11-13(10-15(20)19)18-23-16(2,3)17(4,5)24-18/h6-11H,1-5H3. The second kappa shape index (κ2) is 5.88. The van der Waals surface area contributed by atoms with Gasteiger partial charge in [0, 0.05) is 11.7 Å². The molecule has 0 bridgehead atoms. The first-order chi connectivity index (χ1) is 11.4. The summed E-state index contributed by atoms with van der Waals surface area (Å²) < 4.78 is 38.7. The molecule has 0 unspecified atom stereocenters. The third-order valence-corrected chi connectivity index (χ3v) is 6.95. The van der Waals surface area contributed by atoms with Gasteiger partial charge < -0.3 is 9.31 Å². The van der Waals surface area contributed by atoms with Gasteiger partial charge in [-0.25, -0.2) is 12.4 Å². The molecule has 3 rings (SSSR count). The van der Waals surface area contributed by atoms with Crippen LogP contribution < -0.4 is 5.46 Å². The van der Waals surface area contributed by atoms with E-state index in [0.717, 1.165) is 9.54 Å². The minimum Gasteiger partial charge on any atom is -0.399 e. The number of halogens is 1. The van der Waals surface area contributed by atoms with E-state index in [1.807, 2.05) is 34.6 Å². The molecule has 0 atom stereocenters. The van der Waals surface area contributed by atoms with Gasteiger partial charge in [-0.05, 0) is 52.8 Å². The van der Waals surface area contributed by atoms with Crippen molar-refractivity contribution < 1.29 is 17.7 Å². The third kappa shape index (κ3) is 3.14. The smallest absolute Gasteiger partial charge is 0.399 e. The largest absolute Gasteiger partial charge is 0.496 e. The molecule has 8 heteroatoms. The number of hydrogen-bond donors (Lipinski definition) is 0. The van der Waals surface area contributed by atoms with Crippen LogP contribution in [-0.4, -0.2) is 30.7 Å². The molecule has 0 saturated carbocycles. The Morgan fingerprint density at radius 2 is 1.56 bits per heavy atom. The van der Waals surface area contributed by atoms with Gasteiger partial charge in [-0.2, -0.15) is 0 Å². The van der Waals surface area contributed by atoms with E-state index in [4.69, 9.17) is 20.9 Å². The summed E-state index contributed by atoms with van der Waals surface area (Å²) >= 11 is 6.20.